The first-order valence-electron chi connectivity index (χ1n) is 6.50. The first-order valence-corrected chi connectivity index (χ1v) is 6.50. The SMILES string of the molecule is N#CCCCCCOc1ccccc1-c1ncc[nH]1. The monoisotopic (exact) mass is 255 g/mol. The number of nitriles is 1. The van der Waals surface area contributed by atoms with E-state index in [9.17, 15) is 0 Å². The van der Waals surface area contributed by atoms with Gasteiger partial charge in [-0.05, 0) is 31.4 Å². The minimum atomic E-state index is 0.628. The summed E-state index contributed by atoms with van der Waals surface area (Å²) in [6, 6.07) is 10.0. The second-order valence-corrected chi connectivity index (χ2v) is 4.25. The molecule has 0 saturated heterocycles. The highest BCUT2D eigenvalue weighted by molar-refractivity contribution is 5.63. The van der Waals surface area contributed by atoms with Crippen LogP contribution in [0.25, 0.3) is 11.4 Å². The van der Waals surface area contributed by atoms with Gasteiger partial charge in [0.1, 0.15) is 11.6 Å². The second-order valence-electron chi connectivity index (χ2n) is 4.25. The van der Waals surface area contributed by atoms with Crippen LogP contribution in [0.5, 0.6) is 5.75 Å². The summed E-state index contributed by atoms with van der Waals surface area (Å²) in [6.45, 7) is 0.670. The Kier molecular flexibility index (Phi) is 5.00. The van der Waals surface area contributed by atoms with Crippen molar-refractivity contribution in [3.63, 3.8) is 0 Å². The number of hydrogen-bond acceptors (Lipinski definition) is 3. The van der Waals surface area contributed by atoms with Gasteiger partial charge in [-0.3, -0.25) is 0 Å². The number of unbranched alkanes of at least 4 members (excludes halogenated alkanes) is 3. The van der Waals surface area contributed by atoms with Crippen molar-refractivity contribution < 1.29 is 4.74 Å². The molecule has 0 amide bonds. The molecule has 98 valence electrons. The molecule has 1 aromatic heterocycles. The number of para-hydroxylation sites is 1. The van der Waals surface area contributed by atoms with E-state index >= 15 is 0 Å². The van der Waals surface area contributed by atoms with Crippen molar-refractivity contribution in [2.75, 3.05) is 6.61 Å². The molecule has 4 nitrogen and oxygen atoms in total. The Morgan fingerprint density at radius 1 is 1.21 bits per heavy atom. The molecule has 19 heavy (non-hydrogen) atoms. The molecule has 0 aliphatic rings. The van der Waals surface area contributed by atoms with Crippen molar-refractivity contribution in [2.45, 2.75) is 25.7 Å². The summed E-state index contributed by atoms with van der Waals surface area (Å²) in [5.74, 6) is 1.66. The number of nitrogens with zero attached hydrogens (tertiary/aromatic N) is 2. The average molecular weight is 255 g/mol. The highest BCUT2D eigenvalue weighted by atomic mass is 16.5. The Morgan fingerprint density at radius 3 is 2.89 bits per heavy atom. The second kappa shape index (κ2) is 7.22. The van der Waals surface area contributed by atoms with E-state index in [1.165, 1.54) is 0 Å². The van der Waals surface area contributed by atoms with Crippen molar-refractivity contribution in [1.82, 2.24) is 9.97 Å². The lowest BCUT2D eigenvalue weighted by Crippen LogP contribution is -1.99. The number of ether oxygens (including phenoxy) is 1. The van der Waals surface area contributed by atoms with Gasteiger partial charge in [-0.25, -0.2) is 4.98 Å². The van der Waals surface area contributed by atoms with Crippen LogP contribution in [0, 0.1) is 11.3 Å². The summed E-state index contributed by atoms with van der Waals surface area (Å²) in [5, 5.41) is 8.45. The Morgan fingerprint density at radius 2 is 2.11 bits per heavy atom. The lowest BCUT2D eigenvalue weighted by atomic mass is 10.2. The average Bonchev–Trinajstić information content (AvgIpc) is 2.97. The standard InChI is InChI=1S/C15H17N3O/c16-9-5-1-2-6-12-19-14-8-4-3-7-13(14)15-17-10-11-18-15/h3-4,7-8,10-11H,1-2,5-6,12H2,(H,17,18). The molecule has 0 radical (unpaired) electrons. The lowest BCUT2D eigenvalue weighted by molar-refractivity contribution is 0.306. The molecule has 0 atom stereocenters. The fourth-order valence-electron chi connectivity index (χ4n) is 1.87. The van der Waals surface area contributed by atoms with Gasteiger partial charge in [0.25, 0.3) is 0 Å². The predicted octanol–water partition coefficient (Wildman–Crippen LogP) is 3.54. The summed E-state index contributed by atoms with van der Waals surface area (Å²) in [7, 11) is 0. The number of imidazole rings is 1. The van der Waals surface area contributed by atoms with Crippen LogP contribution in [0.15, 0.2) is 36.7 Å². The molecule has 1 aromatic carbocycles. The van der Waals surface area contributed by atoms with Crippen LogP contribution in [0.4, 0.5) is 0 Å². The molecule has 0 unspecified atom stereocenters. The van der Waals surface area contributed by atoms with Crippen LogP contribution in [-0.2, 0) is 0 Å². The van der Waals surface area contributed by atoms with E-state index < -0.39 is 0 Å². The highest BCUT2D eigenvalue weighted by Gasteiger charge is 2.07. The van der Waals surface area contributed by atoms with Gasteiger partial charge in [0.05, 0.1) is 18.2 Å². The molecule has 2 rings (SSSR count). The number of aromatic nitrogens is 2. The van der Waals surface area contributed by atoms with Crippen LogP contribution in [0.3, 0.4) is 0 Å². The smallest absolute Gasteiger partial charge is 0.141 e. The quantitative estimate of drug-likeness (QED) is 0.770. The molecule has 1 heterocycles. The summed E-state index contributed by atoms with van der Waals surface area (Å²) in [6.07, 6.45) is 7.09. The van der Waals surface area contributed by atoms with E-state index in [-0.39, 0.29) is 0 Å². The lowest BCUT2D eigenvalue weighted by Gasteiger charge is -2.09. The zero-order valence-corrected chi connectivity index (χ0v) is 10.8. The van der Waals surface area contributed by atoms with Gasteiger partial charge in [-0.15, -0.1) is 0 Å². The fraction of sp³-hybridized carbons (Fsp3) is 0.333. The molecular weight excluding hydrogens is 238 g/mol. The first-order chi connectivity index (χ1) is 9.42. The van der Waals surface area contributed by atoms with Crippen LogP contribution >= 0.6 is 0 Å². The molecule has 0 bridgehead atoms. The third-order valence-electron chi connectivity index (χ3n) is 2.83. The van der Waals surface area contributed by atoms with E-state index in [1.807, 2.05) is 24.3 Å². The van der Waals surface area contributed by atoms with Crippen LogP contribution in [0.1, 0.15) is 25.7 Å². The van der Waals surface area contributed by atoms with Gasteiger partial charge < -0.3 is 9.72 Å². The van der Waals surface area contributed by atoms with Gasteiger partial charge in [-0.2, -0.15) is 5.26 Å². The van der Waals surface area contributed by atoms with Crippen LogP contribution < -0.4 is 4.74 Å². The Labute approximate surface area is 113 Å². The maximum atomic E-state index is 8.45. The zero-order chi connectivity index (χ0) is 13.3. The van der Waals surface area contributed by atoms with E-state index in [1.54, 1.807) is 12.4 Å². The summed E-state index contributed by atoms with van der Waals surface area (Å²) in [5.41, 5.74) is 0.976. The molecule has 2 aromatic rings. The van der Waals surface area contributed by atoms with Gasteiger partial charge in [0, 0.05) is 18.8 Å². The maximum Gasteiger partial charge on any atom is 0.141 e. The van der Waals surface area contributed by atoms with Crippen LogP contribution in [-0.4, -0.2) is 16.6 Å². The van der Waals surface area contributed by atoms with E-state index in [4.69, 9.17) is 10.00 Å². The third-order valence-corrected chi connectivity index (χ3v) is 2.83. The maximum absolute atomic E-state index is 8.45. The topological polar surface area (TPSA) is 61.7 Å². The molecule has 0 saturated carbocycles. The van der Waals surface area contributed by atoms with Crippen molar-refractivity contribution in [1.29, 1.82) is 5.26 Å². The first kappa shape index (κ1) is 13.2. The van der Waals surface area contributed by atoms with Crippen molar-refractivity contribution in [2.24, 2.45) is 0 Å². The zero-order valence-electron chi connectivity index (χ0n) is 10.8. The minimum absolute atomic E-state index is 0.628. The molecule has 4 heteroatoms. The van der Waals surface area contributed by atoms with E-state index in [0.29, 0.717) is 13.0 Å². The number of rotatable bonds is 7. The van der Waals surface area contributed by atoms with Gasteiger partial charge in [-0.1, -0.05) is 12.1 Å². The normalized spacial score (nSPS) is 10.1. The molecule has 0 aliphatic heterocycles. The Balaban J connectivity index is 1.89. The van der Waals surface area contributed by atoms with Crippen molar-refractivity contribution in [3.8, 4) is 23.2 Å². The molecule has 0 spiro atoms. The van der Waals surface area contributed by atoms with E-state index in [2.05, 4.69) is 16.0 Å². The third kappa shape index (κ3) is 3.85. The molecular formula is C15H17N3O. The molecule has 0 aliphatic carbocycles. The summed E-state index contributed by atoms with van der Waals surface area (Å²) < 4.78 is 5.80. The van der Waals surface area contributed by atoms with Crippen molar-refractivity contribution >= 4 is 0 Å². The number of hydrogen-bond donors (Lipinski definition) is 1. The van der Waals surface area contributed by atoms with Crippen molar-refractivity contribution in [3.05, 3.63) is 36.7 Å². The Bertz CT molecular complexity index is 529. The number of nitrogens with one attached hydrogen (secondary N) is 1. The number of benzene rings is 1. The largest absolute Gasteiger partial charge is 0.493 e. The fourth-order valence-corrected chi connectivity index (χ4v) is 1.87. The molecule has 1 N–H and O–H groups in total. The summed E-state index contributed by atoms with van der Waals surface area (Å²) >= 11 is 0. The Hall–Kier alpha value is -2.28. The van der Waals surface area contributed by atoms with E-state index in [0.717, 1.165) is 36.4 Å². The van der Waals surface area contributed by atoms with Gasteiger partial charge in [0.2, 0.25) is 0 Å². The van der Waals surface area contributed by atoms with Gasteiger partial charge >= 0.3 is 0 Å². The molecule has 0 fully saturated rings. The van der Waals surface area contributed by atoms with Crippen LogP contribution in [0.2, 0.25) is 0 Å². The number of H-pyrrole nitrogens is 1. The highest BCUT2D eigenvalue weighted by Crippen LogP contribution is 2.27. The summed E-state index contributed by atoms with van der Waals surface area (Å²) in [4.78, 5) is 7.33. The predicted molar refractivity (Wildman–Crippen MR) is 73.6 cm³/mol. The minimum Gasteiger partial charge on any atom is -0.493 e. The van der Waals surface area contributed by atoms with Gasteiger partial charge in [0.15, 0.2) is 0 Å². The number of aromatic amines is 1.